The molecule has 1 amide bonds. The van der Waals surface area contributed by atoms with Gasteiger partial charge in [0.05, 0.1) is 6.54 Å². The SMILES string of the molecule is Cc1cc(Br)ccc1NCC(=O)N1CCN(c2ccccn2)CC1. The molecule has 0 unspecified atom stereocenters. The molecule has 0 saturated carbocycles. The fourth-order valence-corrected chi connectivity index (χ4v) is 3.31. The summed E-state index contributed by atoms with van der Waals surface area (Å²) in [6.07, 6.45) is 1.80. The van der Waals surface area contributed by atoms with Crippen LogP contribution in [0.15, 0.2) is 47.1 Å². The highest BCUT2D eigenvalue weighted by molar-refractivity contribution is 9.10. The first-order chi connectivity index (χ1) is 11.6. The summed E-state index contributed by atoms with van der Waals surface area (Å²) < 4.78 is 1.04. The van der Waals surface area contributed by atoms with Gasteiger partial charge in [-0.2, -0.15) is 0 Å². The van der Waals surface area contributed by atoms with E-state index in [9.17, 15) is 4.79 Å². The van der Waals surface area contributed by atoms with Gasteiger partial charge >= 0.3 is 0 Å². The van der Waals surface area contributed by atoms with Gasteiger partial charge in [0.25, 0.3) is 0 Å². The predicted molar refractivity (Wildman–Crippen MR) is 100 cm³/mol. The summed E-state index contributed by atoms with van der Waals surface area (Å²) in [7, 11) is 0. The molecule has 126 valence electrons. The number of nitrogens with one attached hydrogen (secondary N) is 1. The molecule has 1 N–H and O–H groups in total. The first-order valence-corrected chi connectivity index (χ1v) is 8.86. The Morgan fingerprint density at radius 2 is 2.00 bits per heavy atom. The van der Waals surface area contributed by atoms with Crippen LogP contribution < -0.4 is 10.2 Å². The van der Waals surface area contributed by atoms with E-state index in [1.54, 1.807) is 6.20 Å². The molecule has 0 radical (unpaired) electrons. The van der Waals surface area contributed by atoms with Crippen molar-refractivity contribution < 1.29 is 4.79 Å². The van der Waals surface area contributed by atoms with E-state index in [-0.39, 0.29) is 5.91 Å². The Hall–Kier alpha value is -2.08. The van der Waals surface area contributed by atoms with Crippen LogP contribution in [0.4, 0.5) is 11.5 Å². The van der Waals surface area contributed by atoms with Crippen molar-refractivity contribution in [2.24, 2.45) is 0 Å². The smallest absolute Gasteiger partial charge is 0.241 e. The van der Waals surface area contributed by atoms with E-state index >= 15 is 0 Å². The van der Waals surface area contributed by atoms with Crippen molar-refractivity contribution in [2.75, 3.05) is 42.9 Å². The van der Waals surface area contributed by atoms with Gasteiger partial charge in [-0.05, 0) is 42.8 Å². The molecular formula is C18H21BrN4O. The molecule has 0 aliphatic carbocycles. The number of nitrogens with zero attached hydrogens (tertiary/aromatic N) is 3. The van der Waals surface area contributed by atoms with E-state index in [0.717, 1.165) is 47.7 Å². The van der Waals surface area contributed by atoms with Gasteiger partial charge in [0.2, 0.25) is 5.91 Å². The zero-order chi connectivity index (χ0) is 16.9. The van der Waals surface area contributed by atoms with Crippen LogP contribution in [0.25, 0.3) is 0 Å². The second-order valence-electron chi connectivity index (χ2n) is 5.87. The van der Waals surface area contributed by atoms with Gasteiger partial charge in [-0.25, -0.2) is 4.98 Å². The average Bonchev–Trinajstić information content (AvgIpc) is 2.62. The molecule has 1 saturated heterocycles. The lowest BCUT2D eigenvalue weighted by Crippen LogP contribution is -2.50. The Labute approximate surface area is 150 Å². The summed E-state index contributed by atoms with van der Waals surface area (Å²) >= 11 is 3.45. The van der Waals surface area contributed by atoms with Gasteiger partial charge in [-0.1, -0.05) is 22.0 Å². The van der Waals surface area contributed by atoms with Crippen LogP contribution in [0, 0.1) is 6.92 Å². The van der Waals surface area contributed by atoms with Crippen LogP contribution in [-0.4, -0.2) is 48.5 Å². The van der Waals surface area contributed by atoms with Crippen LogP contribution in [-0.2, 0) is 4.79 Å². The first-order valence-electron chi connectivity index (χ1n) is 8.07. The van der Waals surface area contributed by atoms with Crippen LogP contribution in [0.2, 0.25) is 0 Å². The highest BCUT2D eigenvalue weighted by Gasteiger charge is 2.21. The van der Waals surface area contributed by atoms with Gasteiger partial charge in [0.15, 0.2) is 0 Å². The van der Waals surface area contributed by atoms with E-state index < -0.39 is 0 Å². The number of anilines is 2. The van der Waals surface area contributed by atoms with E-state index in [2.05, 4.69) is 31.1 Å². The second kappa shape index (κ2) is 7.66. The topological polar surface area (TPSA) is 48.5 Å². The summed E-state index contributed by atoms with van der Waals surface area (Å²) in [5.41, 5.74) is 2.12. The fourth-order valence-electron chi connectivity index (χ4n) is 2.83. The minimum Gasteiger partial charge on any atom is -0.376 e. The largest absolute Gasteiger partial charge is 0.376 e. The molecule has 0 atom stereocenters. The zero-order valence-corrected chi connectivity index (χ0v) is 15.3. The molecular weight excluding hydrogens is 368 g/mol. The first kappa shape index (κ1) is 16.8. The molecule has 2 heterocycles. The Balaban J connectivity index is 1.50. The molecule has 1 aromatic carbocycles. The summed E-state index contributed by atoms with van der Waals surface area (Å²) in [5, 5.41) is 3.24. The number of aryl methyl sites for hydroxylation is 1. The fraction of sp³-hybridized carbons (Fsp3) is 0.333. The van der Waals surface area contributed by atoms with Crippen molar-refractivity contribution in [1.29, 1.82) is 0 Å². The number of carbonyl (C=O) groups excluding carboxylic acids is 1. The zero-order valence-electron chi connectivity index (χ0n) is 13.7. The monoisotopic (exact) mass is 388 g/mol. The quantitative estimate of drug-likeness (QED) is 0.874. The van der Waals surface area contributed by atoms with Crippen LogP contribution in [0.5, 0.6) is 0 Å². The average molecular weight is 389 g/mol. The van der Waals surface area contributed by atoms with Crippen molar-refractivity contribution in [3.63, 3.8) is 0 Å². The molecule has 6 heteroatoms. The molecule has 1 aromatic heterocycles. The van der Waals surface area contributed by atoms with E-state index in [1.165, 1.54) is 0 Å². The van der Waals surface area contributed by atoms with Gasteiger partial charge in [-0.15, -0.1) is 0 Å². The maximum atomic E-state index is 12.4. The van der Waals surface area contributed by atoms with Crippen LogP contribution >= 0.6 is 15.9 Å². The predicted octanol–water partition coefficient (Wildman–Crippen LogP) is 2.91. The normalized spacial score (nSPS) is 14.6. The lowest BCUT2D eigenvalue weighted by molar-refractivity contribution is -0.129. The highest BCUT2D eigenvalue weighted by Crippen LogP contribution is 2.20. The number of pyridine rings is 1. The highest BCUT2D eigenvalue weighted by atomic mass is 79.9. The molecule has 2 aromatic rings. The number of aromatic nitrogens is 1. The summed E-state index contributed by atoms with van der Waals surface area (Å²) in [6.45, 7) is 5.46. The number of halogens is 1. The van der Waals surface area contributed by atoms with Gasteiger partial charge in [0.1, 0.15) is 5.82 Å². The maximum absolute atomic E-state index is 12.4. The third-order valence-corrected chi connectivity index (χ3v) is 4.72. The lowest BCUT2D eigenvalue weighted by Gasteiger charge is -2.35. The van der Waals surface area contributed by atoms with Crippen molar-refractivity contribution in [2.45, 2.75) is 6.92 Å². The van der Waals surface area contributed by atoms with Crippen LogP contribution in [0.1, 0.15) is 5.56 Å². The van der Waals surface area contributed by atoms with Gasteiger partial charge in [0, 0.05) is 42.5 Å². The molecule has 1 aliphatic rings. The molecule has 1 aliphatic heterocycles. The van der Waals surface area contributed by atoms with E-state index in [1.807, 2.05) is 48.2 Å². The lowest BCUT2D eigenvalue weighted by atomic mass is 10.2. The number of rotatable bonds is 4. The summed E-state index contributed by atoms with van der Waals surface area (Å²) in [4.78, 5) is 20.9. The third-order valence-electron chi connectivity index (χ3n) is 4.22. The molecule has 3 rings (SSSR count). The Kier molecular flexibility index (Phi) is 5.35. The summed E-state index contributed by atoms with van der Waals surface area (Å²) in [6, 6.07) is 11.9. The Morgan fingerprint density at radius 3 is 2.67 bits per heavy atom. The number of benzene rings is 1. The van der Waals surface area contributed by atoms with Gasteiger partial charge in [-0.3, -0.25) is 4.79 Å². The van der Waals surface area contributed by atoms with Crippen LogP contribution in [0.3, 0.4) is 0 Å². The van der Waals surface area contributed by atoms with Crippen molar-refractivity contribution in [3.05, 3.63) is 52.6 Å². The molecule has 0 spiro atoms. The van der Waals surface area contributed by atoms with E-state index in [0.29, 0.717) is 6.54 Å². The standard InChI is InChI=1S/C18H21BrN4O/c1-14-12-15(19)5-6-16(14)21-13-18(24)23-10-8-22(9-11-23)17-4-2-3-7-20-17/h2-7,12,21H,8-11,13H2,1H3. The van der Waals surface area contributed by atoms with Crippen molar-refractivity contribution in [3.8, 4) is 0 Å². The molecule has 0 bridgehead atoms. The molecule has 1 fully saturated rings. The number of amides is 1. The van der Waals surface area contributed by atoms with Crippen molar-refractivity contribution in [1.82, 2.24) is 9.88 Å². The molecule has 5 nitrogen and oxygen atoms in total. The molecule has 24 heavy (non-hydrogen) atoms. The van der Waals surface area contributed by atoms with Crippen molar-refractivity contribution >= 4 is 33.3 Å². The number of piperazine rings is 1. The number of hydrogen-bond donors (Lipinski definition) is 1. The maximum Gasteiger partial charge on any atom is 0.241 e. The van der Waals surface area contributed by atoms with E-state index in [4.69, 9.17) is 0 Å². The second-order valence-corrected chi connectivity index (χ2v) is 6.78. The van der Waals surface area contributed by atoms with Gasteiger partial charge < -0.3 is 15.1 Å². The third kappa shape index (κ3) is 4.06. The Bertz CT molecular complexity index is 699. The minimum absolute atomic E-state index is 0.137. The Morgan fingerprint density at radius 1 is 1.21 bits per heavy atom. The summed E-state index contributed by atoms with van der Waals surface area (Å²) in [5.74, 6) is 1.12. The number of carbonyl (C=O) groups is 1. The minimum atomic E-state index is 0.137. The number of hydrogen-bond acceptors (Lipinski definition) is 4.